The average molecular weight is 377 g/mol. The van der Waals surface area contributed by atoms with Crippen molar-refractivity contribution in [2.45, 2.75) is 27.7 Å². The number of nitrogens with zero attached hydrogens (tertiary/aromatic N) is 1. The topological polar surface area (TPSA) is 76.4 Å². The predicted molar refractivity (Wildman–Crippen MR) is 107 cm³/mol. The molecule has 0 bridgehead atoms. The number of rotatable bonds is 6. The van der Waals surface area contributed by atoms with Crippen molar-refractivity contribution in [3.05, 3.63) is 69.3 Å². The number of carbonyl (C=O) groups excluding carboxylic acids is 2. The highest BCUT2D eigenvalue weighted by Crippen LogP contribution is 2.22. The molecule has 5 nitrogen and oxygen atoms in total. The van der Waals surface area contributed by atoms with Gasteiger partial charge in [-0.05, 0) is 79.8 Å². The van der Waals surface area contributed by atoms with Crippen molar-refractivity contribution in [1.82, 2.24) is 0 Å². The Balaban J connectivity index is 2.12. The number of esters is 1. The summed E-state index contributed by atoms with van der Waals surface area (Å²) in [5.74, 6) is -0.452. The van der Waals surface area contributed by atoms with Gasteiger partial charge in [0.05, 0.1) is 7.11 Å². The first kappa shape index (κ1) is 20.9. The number of nitriles is 1. The fourth-order valence-corrected chi connectivity index (χ4v) is 2.79. The molecule has 0 heterocycles. The second kappa shape index (κ2) is 9.01. The number of carbonyl (C=O) groups is 2. The molecular formula is C23H23NO4. The molecular weight excluding hydrogens is 354 g/mol. The highest BCUT2D eigenvalue weighted by molar-refractivity contribution is 6.02. The van der Waals surface area contributed by atoms with Crippen molar-refractivity contribution in [3.63, 3.8) is 0 Å². The van der Waals surface area contributed by atoms with Crippen molar-refractivity contribution in [2.24, 2.45) is 0 Å². The Bertz CT molecular complexity index is 979. The van der Waals surface area contributed by atoms with Gasteiger partial charge in [-0.1, -0.05) is 12.1 Å². The molecule has 2 rings (SSSR count). The summed E-state index contributed by atoms with van der Waals surface area (Å²) in [7, 11) is 1.55. The molecule has 0 aliphatic carbocycles. The molecule has 0 unspecified atom stereocenters. The summed E-state index contributed by atoms with van der Waals surface area (Å²) in [6.07, 6.45) is 1.41. The molecule has 0 spiro atoms. The highest BCUT2D eigenvalue weighted by Gasteiger charge is 2.17. The Morgan fingerprint density at radius 3 is 2.25 bits per heavy atom. The van der Waals surface area contributed by atoms with Crippen LogP contribution in [0, 0.1) is 39.0 Å². The van der Waals surface area contributed by atoms with Crippen molar-refractivity contribution < 1.29 is 19.1 Å². The molecule has 0 fully saturated rings. The van der Waals surface area contributed by atoms with E-state index in [0.717, 1.165) is 22.3 Å². The summed E-state index contributed by atoms with van der Waals surface area (Å²) in [5.41, 5.74) is 5.08. The summed E-state index contributed by atoms with van der Waals surface area (Å²) >= 11 is 0. The van der Waals surface area contributed by atoms with Crippen LogP contribution in [-0.2, 0) is 9.53 Å². The second-order valence-corrected chi connectivity index (χ2v) is 6.56. The summed E-state index contributed by atoms with van der Waals surface area (Å²) in [4.78, 5) is 24.8. The summed E-state index contributed by atoms with van der Waals surface area (Å²) in [6.45, 7) is 7.38. The molecule has 2 aromatic carbocycles. The zero-order chi connectivity index (χ0) is 20.8. The third-order valence-electron chi connectivity index (χ3n) is 4.88. The fraction of sp³-hybridized carbons (Fsp3) is 0.261. The minimum Gasteiger partial charge on any atom is -0.497 e. The Morgan fingerprint density at radius 1 is 1.04 bits per heavy atom. The fourth-order valence-electron chi connectivity index (χ4n) is 2.79. The van der Waals surface area contributed by atoms with E-state index in [0.29, 0.717) is 16.9 Å². The quantitative estimate of drug-likeness (QED) is 0.325. The van der Waals surface area contributed by atoms with E-state index < -0.39 is 12.6 Å². The largest absolute Gasteiger partial charge is 0.497 e. The van der Waals surface area contributed by atoms with Crippen LogP contribution in [0.3, 0.4) is 0 Å². The Kier molecular flexibility index (Phi) is 6.73. The average Bonchev–Trinajstić information content (AvgIpc) is 2.71. The Hall–Kier alpha value is -3.39. The van der Waals surface area contributed by atoms with Gasteiger partial charge in [-0.3, -0.25) is 4.79 Å². The molecule has 0 radical (unpaired) electrons. The predicted octanol–water partition coefficient (Wildman–Crippen LogP) is 4.26. The molecule has 0 aromatic heterocycles. The van der Waals surface area contributed by atoms with Gasteiger partial charge < -0.3 is 9.47 Å². The molecule has 5 heteroatoms. The lowest BCUT2D eigenvalue weighted by Gasteiger charge is -2.13. The molecule has 0 aliphatic rings. The van der Waals surface area contributed by atoms with Crippen molar-refractivity contribution in [3.8, 4) is 11.8 Å². The van der Waals surface area contributed by atoms with Crippen LogP contribution in [0.2, 0.25) is 0 Å². The first-order valence-corrected chi connectivity index (χ1v) is 8.82. The van der Waals surface area contributed by atoms with Crippen LogP contribution in [-0.4, -0.2) is 25.5 Å². The number of benzene rings is 2. The molecule has 0 saturated carbocycles. The van der Waals surface area contributed by atoms with Crippen molar-refractivity contribution >= 4 is 17.8 Å². The molecule has 2 aromatic rings. The number of aryl methyl sites for hydroxylation is 1. The smallest absolute Gasteiger partial charge is 0.349 e. The van der Waals surface area contributed by atoms with Crippen LogP contribution in [0.4, 0.5) is 0 Å². The molecule has 0 aliphatic heterocycles. The Morgan fingerprint density at radius 2 is 1.68 bits per heavy atom. The number of hydrogen-bond donors (Lipinski definition) is 0. The van der Waals surface area contributed by atoms with Crippen LogP contribution in [0.5, 0.6) is 5.75 Å². The maximum absolute atomic E-state index is 12.5. The number of ketones is 1. The highest BCUT2D eigenvalue weighted by atomic mass is 16.5. The van der Waals surface area contributed by atoms with Gasteiger partial charge in [-0.15, -0.1) is 0 Å². The third kappa shape index (κ3) is 4.66. The van der Waals surface area contributed by atoms with E-state index >= 15 is 0 Å². The molecule has 144 valence electrons. The lowest BCUT2D eigenvalue weighted by atomic mass is 9.93. The number of methoxy groups -OCH3 is 1. The Labute approximate surface area is 165 Å². The molecule has 0 N–H and O–H groups in total. The van der Waals surface area contributed by atoms with Gasteiger partial charge in [0.25, 0.3) is 0 Å². The van der Waals surface area contributed by atoms with E-state index in [4.69, 9.17) is 9.47 Å². The monoisotopic (exact) mass is 377 g/mol. The van der Waals surface area contributed by atoms with Gasteiger partial charge in [0.2, 0.25) is 5.78 Å². The van der Waals surface area contributed by atoms with Gasteiger partial charge in [0.1, 0.15) is 17.4 Å². The van der Waals surface area contributed by atoms with Crippen LogP contribution >= 0.6 is 0 Å². The summed E-state index contributed by atoms with van der Waals surface area (Å²) in [5, 5.41) is 9.26. The summed E-state index contributed by atoms with van der Waals surface area (Å²) < 4.78 is 10.2. The van der Waals surface area contributed by atoms with Gasteiger partial charge >= 0.3 is 5.97 Å². The normalized spacial score (nSPS) is 10.9. The molecule has 0 saturated heterocycles. The standard InChI is InChI=1S/C23H23NO4/c1-14-10-21(17(4)16(3)15(14)2)22(25)13-28-23(26)19(12-24)11-18-6-8-20(27-5)9-7-18/h6-11H,13H2,1-5H3/b19-11+. The maximum atomic E-state index is 12.5. The van der Waals surface area contributed by atoms with E-state index in [1.54, 1.807) is 31.4 Å². The van der Waals surface area contributed by atoms with Crippen LogP contribution in [0.25, 0.3) is 6.08 Å². The van der Waals surface area contributed by atoms with Gasteiger partial charge in [0.15, 0.2) is 6.61 Å². The van der Waals surface area contributed by atoms with Crippen LogP contribution < -0.4 is 4.74 Å². The summed E-state index contributed by atoms with van der Waals surface area (Å²) in [6, 6.07) is 10.5. The van der Waals surface area contributed by atoms with Gasteiger partial charge in [-0.25, -0.2) is 4.79 Å². The van der Waals surface area contributed by atoms with Crippen molar-refractivity contribution in [2.75, 3.05) is 13.7 Å². The molecule has 28 heavy (non-hydrogen) atoms. The van der Waals surface area contributed by atoms with Crippen LogP contribution in [0.1, 0.15) is 38.2 Å². The van der Waals surface area contributed by atoms with E-state index in [2.05, 4.69) is 0 Å². The molecule has 0 amide bonds. The SMILES string of the molecule is COc1ccc(/C=C(\C#N)C(=O)OCC(=O)c2cc(C)c(C)c(C)c2C)cc1. The lowest BCUT2D eigenvalue weighted by Crippen LogP contribution is -2.17. The van der Waals surface area contributed by atoms with E-state index in [1.807, 2.05) is 39.8 Å². The number of ether oxygens (including phenoxy) is 2. The van der Waals surface area contributed by atoms with E-state index in [1.165, 1.54) is 6.08 Å². The first-order chi connectivity index (χ1) is 13.3. The van der Waals surface area contributed by atoms with E-state index in [-0.39, 0.29) is 11.4 Å². The zero-order valence-corrected chi connectivity index (χ0v) is 16.8. The molecule has 0 atom stereocenters. The minimum atomic E-state index is -0.829. The van der Waals surface area contributed by atoms with Crippen LogP contribution in [0.15, 0.2) is 35.9 Å². The minimum absolute atomic E-state index is 0.175. The van der Waals surface area contributed by atoms with Crippen molar-refractivity contribution in [1.29, 1.82) is 5.26 Å². The maximum Gasteiger partial charge on any atom is 0.349 e. The van der Waals surface area contributed by atoms with E-state index in [9.17, 15) is 14.9 Å². The third-order valence-corrected chi connectivity index (χ3v) is 4.88. The van der Waals surface area contributed by atoms with Gasteiger partial charge in [0, 0.05) is 5.56 Å². The zero-order valence-electron chi connectivity index (χ0n) is 16.8. The number of Topliss-reactive ketones (excluding diaryl/α,β-unsaturated/α-hetero) is 1. The first-order valence-electron chi connectivity index (χ1n) is 8.82. The second-order valence-electron chi connectivity index (χ2n) is 6.56. The number of hydrogen-bond acceptors (Lipinski definition) is 5. The van der Waals surface area contributed by atoms with Gasteiger partial charge in [-0.2, -0.15) is 5.26 Å². The lowest BCUT2D eigenvalue weighted by molar-refractivity contribution is -0.137.